The molecular formula is C18H17FN2O. The van der Waals surface area contributed by atoms with Crippen LogP contribution in [0, 0.1) is 19.7 Å². The largest absolute Gasteiger partial charge is 0.358 e. The van der Waals surface area contributed by atoms with Crippen LogP contribution in [-0.2, 0) is 11.2 Å². The zero-order chi connectivity index (χ0) is 15.7. The van der Waals surface area contributed by atoms with Gasteiger partial charge in [-0.3, -0.25) is 4.79 Å². The fourth-order valence-corrected chi connectivity index (χ4v) is 2.65. The number of benzene rings is 2. The molecule has 0 unspecified atom stereocenters. The molecule has 0 fully saturated rings. The SMILES string of the molecule is Cc1ccccc1NC(=O)Cc1c(C)[nH]c2ccc(F)cc12. The van der Waals surface area contributed by atoms with Crippen LogP contribution in [0.15, 0.2) is 42.5 Å². The molecular weight excluding hydrogens is 279 g/mol. The van der Waals surface area contributed by atoms with Crippen LogP contribution in [0.2, 0.25) is 0 Å². The van der Waals surface area contributed by atoms with Crippen molar-refractivity contribution in [2.45, 2.75) is 20.3 Å². The summed E-state index contributed by atoms with van der Waals surface area (Å²) in [5.74, 6) is -0.408. The molecule has 0 aliphatic carbocycles. The highest BCUT2D eigenvalue weighted by molar-refractivity contribution is 5.96. The van der Waals surface area contributed by atoms with E-state index >= 15 is 0 Å². The maximum Gasteiger partial charge on any atom is 0.228 e. The molecule has 22 heavy (non-hydrogen) atoms. The highest BCUT2D eigenvalue weighted by atomic mass is 19.1. The lowest BCUT2D eigenvalue weighted by molar-refractivity contribution is -0.115. The van der Waals surface area contributed by atoms with Crippen molar-refractivity contribution in [2.24, 2.45) is 0 Å². The molecule has 0 spiro atoms. The molecule has 1 aromatic heterocycles. The first-order valence-electron chi connectivity index (χ1n) is 7.17. The molecule has 0 saturated carbocycles. The first kappa shape index (κ1) is 14.3. The maximum atomic E-state index is 13.4. The van der Waals surface area contributed by atoms with E-state index in [9.17, 15) is 9.18 Å². The number of aryl methyl sites for hydroxylation is 2. The second-order valence-corrected chi connectivity index (χ2v) is 5.46. The number of amides is 1. The van der Waals surface area contributed by atoms with E-state index < -0.39 is 0 Å². The van der Waals surface area contributed by atoms with E-state index in [1.54, 1.807) is 6.07 Å². The molecule has 0 aliphatic rings. The number of H-pyrrole nitrogens is 1. The zero-order valence-electron chi connectivity index (χ0n) is 12.5. The van der Waals surface area contributed by atoms with Crippen LogP contribution < -0.4 is 5.32 Å². The van der Waals surface area contributed by atoms with Gasteiger partial charge in [0.15, 0.2) is 0 Å². The molecule has 0 aliphatic heterocycles. The number of rotatable bonds is 3. The highest BCUT2D eigenvalue weighted by Gasteiger charge is 2.13. The number of halogens is 1. The molecule has 1 heterocycles. The van der Waals surface area contributed by atoms with Gasteiger partial charge in [-0.25, -0.2) is 4.39 Å². The number of hydrogen-bond donors (Lipinski definition) is 2. The molecule has 3 rings (SSSR count). The van der Waals surface area contributed by atoms with Crippen LogP contribution >= 0.6 is 0 Å². The summed E-state index contributed by atoms with van der Waals surface area (Å²) in [4.78, 5) is 15.5. The number of aromatic amines is 1. The monoisotopic (exact) mass is 296 g/mol. The number of fused-ring (bicyclic) bond motifs is 1. The third kappa shape index (κ3) is 2.72. The number of aromatic nitrogens is 1. The zero-order valence-corrected chi connectivity index (χ0v) is 12.5. The lowest BCUT2D eigenvalue weighted by atomic mass is 10.1. The van der Waals surface area contributed by atoms with Gasteiger partial charge in [0.25, 0.3) is 0 Å². The summed E-state index contributed by atoms with van der Waals surface area (Å²) in [6, 6.07) is 12.2. The van der Waals surface area contributed by atoms with E-state index in [1.165, 1.54) is 12.1 Å². The second-order valence-electron chi connectivity index (χ2n) is 5.46. The van der Waals surface area contributed by atoms with Crippen molar-refractivity contribution >= 4 is 22.5 Å². The molecule has 2 N–H and O–H groups in total. The molecule has 4 heteroatoms. The summed E-state index contributed by atoms with van der Waals surface area (Å²) in [6.45, 7) is 3.84. The Bertz CT molecular complexity index is 851. The van der Waals surface area contributed by atoms with Crippen molar-refractivity contribution in [1.29, 1.82) is 0 Å². The third-order valence-corrected chi connectivity index (χ3v) is 3.84. The normalized spacial score (nSPS) is 10.9. The average molecular weight is 296 g/mol. The molecule has 3 aromatic rings. The van der Waals surface area contributed by atoms with Gasteiger partial charge in [-0.15, -0.1) is 0 Å². The van der Waals surface area contributed by atoms with Gasteiger partial charge in [0.05, 0.1) is 6.42 Å². The standard InChI is InChI=1S/C18H17FN2O/c1-11-5-3-4-6-16(11)21-18(22)10-14-12(2)20-17-8-7-13(19)9-15(14)17/h3-9,20H,10H2,1-2H3,(H,21,22). The summed E-state index contributed by atoms with van der Waals surface area (Å²) in [5, 5.41) is 3.67. The van der Waals surface area contributed by atoms with Crippen molar-refractivity contribution in [2.75, 3.05) is 5.32 Å². The van der Waals surface area contributed by atoms with E-state index in [-0.39, 0.29) is 18.1 Å². The van der Waals surface area contributed by atoms with Gasteiger partial charge in [-0.2, -0.15) is 0 Å². The lowest BCUT2D eigenvalue weighted by Crippen LogP contribution is -2.15. The molecule has 1 amide bonds. The quantitative estimate of drug-likeness (QED) is 0.750. The molecule has 0 saturated heterocycles. The van der Waals surface area contributed by atoms with Crippen molar-refractivity contribution in [3.63, 3.8) is 0 Å². The minimum Gasteiger partial charge on any atom is -0.358 e. The number of anilines is 1. The van der Waals surface area contributed by atoms with Crippen molar-refractivity contribution in [3.8, 4) is 0 Å². The fourth-order valence-electron chi connectivity index (χ4n) is 2.65. The van der Waals surface area contributed by atoms with Crippen LogP contribution in [0.1, 0.15) is 16.8 Å². The van der Waals surface area contributed by atoms with E-state index in [0.29, 0.717) is 0 Å². The minimum atomic E-state index is -0.299. The number of hydrogen-bond acceptors (Lipinski definition) is 1. The van der Waals surface area contributed by atoms with Crippen molar-refractivity contribution in [1.82, 2.24) is 4.98 Å². The highest BCUT2D eigenvalue weighted by Crippen LogP contribution is 2.24. The smallest absolute Gasteiger partial charge is 0.228 e. The van der Waals surface area contributed by atoms with E-state index in [4.69, 9.17) is 0 Å². The second kappa shape index (κ2) is 5.64. The predicted molar refractivity (Wildman–Crippen MR) is 86.5 cm³/mol. The van der Waals surface area contributed by atoms with E-state index in [0.717, 1.165) is 33.4 Å². The summed E-state index contributed by atoms with van der Waals surface area (Å²) < 4.78 is 13.4. The summed E-state index contributed by atoms with van der Waals surface area (Å²) in [5.41, 5.74) is 4.38. The summed E-state index contributed by atoms with van der Waals surface area (Å²) in [7, 11) is 0. The lowest BCUT2D eigenvalue weighted by Gasteiger charge is -2.08. The number of carbonyl (C=O) groups is 1. The Morgan fingerprint density at radius 3 is 2.73 bits per heavy atom. The number of carbonyl (C=O) groups excluding carboxylic acids is 1. The Morgan fingerprint density at radius 1 is 1.18 bits per heavy atom. The van der Waals surface area contributed by atoms with Gasteiger partial charge in [-0.05, 0) is 49.2 Å². The first-order valence-corrected chi connectivity index (χ1v) is 7.17. The maximum absolute atomic E-state index is 13.4. The Morgan fingerprint density at radius 2 is 1.95 bits per heavy atom. The molecule has 2 aromatic carbocycles. The number of para-hydroxylation sites is 1. The van der Waals surface area contributed by atoms with Crippen LogP contribution in [0.4, 0.5) is 10.1 Å². The molecule has 112 valence electrons. The van der Waals surface area contributed by atoms with Gasteiger partial charge in [0, 0.05) is 22.3 Å². The van der Waals surface area contributed by atoms with E-state index in [1.807, 2.05) is 38.1 Å². The van der Waals surface area contributed by atoms with Gasteiger partial charge in [0.2, 0.25) is 5.91 Å². The number of nitrogens with one attached hydrogen (secondary N) is 2. The Kier molecular flexibility index (Phi) is 3.67. The van der Waals surface area contributed by atoms with Gasteiger partial charge >= 0.3 is 0 Å². The predicted octanol–water partition coefficient (Wildman–Crippen LogP) is 4.11. The van der Waals surface area contributed by atoms with Crippen LogP contribution in [-0.4, -0.2) is 10.9 Å². The summed E-state index contributed by atoms with van der Waals surface area (Å²) >= 11 is 0. The van der Waals surface area contributed by atoms with Crippen LogP contribution in [0.25, 0.3) is 10.9 Å². The molecule has 0 radical (unpaired) electrons. The van der Waals surface area contributed by atoms with Gasteiger partial charge in [0.1, 0.15) is 5.82 Å². The molecule has 0 bridgehead atoms. The van der Waals surface area contributed by atoms with Gasteiger partial charge < -0.3 is 10.3 Å². The van der Waals surface area contributed by atoms with E-state index in [2.05, 4.69) is 10.3 Å². The van der Waals surface area contributed by atoms with Crippen molar-refractivity contribution in [3.05, 3.63) is 65.1 Å². The summed E-state index contributed by atoms with van der Waals surface area (Å²) in [6.07, 6.45) is 0.212. The Hall–Kier alpha value is -2.62. The topological polar surface area (TPSA) is 44.9 Å². The van der Waals surface area contributed by atoms with Crippen molar-refractivity contribution < 1.29 is 9.18 Å². The van der Waals surface area contributed by atoms with Crippen LogP contribution in [0.5, 0.6) is 0 Å². The Labute approximate surface area is 128 Å². The first-order chi connectivity index (χ1) is 10.5. The van der Waals surface area contributed by atoms with Crippen LogP contribution in [0.3, 0.4) is 0 Å². The Balaban J connectivity index is 1.87. The van der Waals surface area contributed by atoms with Gasteiger partial charge in [-0.1, -0.05) is 18.2 Å². The fraction of sp³-hybridized carbons (Fsp3) is 0.167. The molecule has 0 atom stereocenters. The average Bonchev–Trinajstić information content (AvgIpc) is 2.77. The molecule has 3 nitrogen and oxygen atoms in total. The minimum absolute atomic E-state index is 0.109. The third-order valence-electron chi connectivity index (χ3n) is 3.84.